The highest BCUT2D eigenvalue weighted by molar-refractivity contribution is 7.89. The van der Waals surface area contributed by atoms with E-state index in [1.165, 1.54) is 18.2 Å². The van der Waals surface area contributed by atoms with E-state index in [1.54, 1.807) is 0 Å². The van der Waals surface area contributed by atoms with Crippen molar-refractivity contribution in [3.63, 3.8) is 0 Å². The van der Waals surface area contributed by atoms with Gasteiger partial charge in [-0.25, -0.2) is 17.5 Å². The van der Waals surface area contributed by atoms with Gasteiger partial charge in [0.1, 0.15) is 5.82 Å². The Morgan fingerprint density at radius 3 is 2.76 bits per heavy atom. The van der Waals surface area contributed by atoms with Crippen molar-refractivity contribution in [2.45, 2.75) is 17.4 Å². The van der Waals surface area contributed by atoms with Gasteiger partial charge in [0.15, 0.2) is 0 Å². The molecule has 1 fully saturated rings. The summed E-state index contributed by atoms with van der Waals surface area (Å²) in [5, 5.41) is 2.52. The molecule has 7 heteroatoms. The van der Waals surface area contributed by atoms with Crippen molar-refractivity contribution in [3.05, 3.63) is 30.1 Å². The molecule has 2 N–H and O–H groups in total. The van der Waals surface area contributed by atoms with Gasteiger partial charge >= 0.3 is 0 Å². The van der Waals surface area contributed by atoms with E-state index in [-0.39, 0.29) is 23.8 Å². The first-order chi connectivity index (χ1) is 7.97. The summed E-state index contributed by atoms with van der Waals surface area (Å²) in [6.07, 6.45) is 0.106. The molecule has 1 heterocycles. The average molecular weight is 258 g/mol. The summed E-state index contributed by atoms with van der Waals surface area (Å²) in [6.45, 7) is 0.257. The van der Waals surface area contributed by atoms with Crippen LogP contribution in [0.4, 0.5) is 4.39 Å². The predicted molar refractivity (Wildman–Crippen MR) is 58.1 cm³/mol. The van der Waals surface area contributed by atoms with Crippen LogP contribution in [0.25, 0.3) is 0 Å². The Balaban J connectivity index is 2.17. The third kappa shape index (κ3) is 2.80. The molecule has 2 rings (SSSR count). The summed E-state index contributed by atoms with van der Waals surface area (Å²) in [5.41, 5.74) is 0. The molecule has 0 spiro atoms. The number of hydrogen-bond donors (Lipinski definition) is 2. The molecule has 1 aliphatic heterocycles. The zero-order chi connectivity index (χ0) is 12.5. The van der Waals surface area contributed by atoms with Crippen LogP contribution in [0.15, 0.2) is 29.2 Å². The molecule has 1 saturated heterocycles. The monoisotopic (exact) mass is 258 g/mol. The number of hydrogen-bond acceptors (Lipinski definition) is 3. The van der Waals surface area contributed by atoms with Gasteiger partial charge in [0.25, 0.3) is 0 Å². The summed E-state index contributed by atoms with van der Waals surface area (Å²) in [7, 11) is -3.77. The molecule has 5 nitrogen and oxygen atoms in total. The van der Waals surface area contributed by atoms with Gasteiger partial charge in [-0.3, -0.25) is 4.79 Å². The van der Waals surface area contributed by atoms with E-state index in [0.717, 1.165) is 6.07 Å². The third-order valence-electron chi connectivity index (χ3n) is 2.41. The predicted octanol–water partition coefficient (Wildman–Crippen LogP) is -0.00750. The van der Waals surface area contributed by atoms with E-state index in [9.17, 15) is 17.6 Å². The topological polar surface area (TPSA) is 75.3 Å². The lowest BCUT2D eigenvalue weighted by atomic mass is 10.3. The van der Waals surface area contributed by atoms with Crippen LogP contribution in [-0.2, 0) is 14.8 Å². The van der Waals surface area contributed by atoms with Crippen LogP contribution in [0.2, 0.25) is 0 Å². The van der Waals surface area contributed by atoms with E-state index in [1.807, 2.05) is 0 Å². The van der Waals surface area contributed by atoms with Crippen LogP contribution in [0.1, 0.15) is 6.42 Å². The maximum absolute atomic E-state index is 12.9. The largest absolute Gasteiger partial charge is 0.354 e. The van der Waals surface area contributed by atoms with Crippen molar-refractivity contribution >= 4 is 15.9 Å². The lowest BCUT2D eigenvalue weighted by Crippen LogP contribution is -2.36. The van der Waals surface area contributed by atoms with Crippen molar-refractivity contribution in [2.75, 3.05) is 6.54 Å². The van der Waals surface area contributed by atoms with Crippen LogP contribution >= 0.6 is 0 Å². The number of amides is 1. The number of halogens is 1. The Bertz CT molecular complexity index is 544. The number of benzene rings is 1. The van der Waals surface area contributed by atoms with Crippen LogP contribution in [0.3, 0.4) is 0 Å². The molecule has 0 aliphatic carbocycles. The highest BCUT2D eigenvalue weighted by Gasteiger charge is 2.26. The first kappa shape index (κ1) is 12.0. The Morgan fingerprint density at radius 1 is 1.41 bits per heavy atom. The molecule has 0 saturated carbocycles. The van der Waals surface area contributed by atoms with Crippen LogP contribution < -0.4 is 10.0 Å². The van der Waals surface area contributed by atoms with E-state index in [0.29, 0.717) is 0 Å². The van der Waals surface area contributed by atoms with E-state index in [2.05, 4.69) is 10.0 Å². The number of carbonyl (C=O) groups is 1. The SMILES string of the molecule is O=C1C[C@@H](NS(=O)(=O)c2cccc(F)c2)CN1. The number of sulfonamides is 1. The first-order valence-corrected chi connectivity index (χ1v) is 6.50. The minimum Gasteiger partial charge on any atom is -0.354 e. The smallest absolute Gasteiger partial charge is 0.240 e. The Morgan fingerprint density at radius 2 is 2.18 bits per heavy atom. The molecular formula is C10H11FN2O3S. The highest BCUT2D eigenvalue weighted by Crippen LogP contribution is 2.12. The van der Waals surface area contributed by atoms with E-state index in [4.69, 9.17) is 0 Å². The van der Waals surface area contributed by atoms with Crippen molar-refractivity contribution in [2.24, 2.45) is 0 Å². The van der Waals surface area contributed by atoms with Crippen LogP contribution in [-0.4, -0.2) is 26.9 Å². The summed E-state index contributed by atoms with van der Waals surface area (Å²) in [5.74, 6) is -0.814. The van der Waals surface area contributed by atoms with Crippen LogP contribution in [0, 0.1) is 5.82 Å². The summed E-state index contributed by atoms with van der Waals surface area (Å²) in [6, 6.07) is 4.25. The number of carbonyl (C=O) groups excluding carboxylic acids is 1. The Kier molecular flexibility index (Phi) is 3.12. The molecule has 0 unspecified atom stereocenters. The zero-order valence-electron chi connectivity index (χ0n) is 8.81. The lowest BCUT2D eigenvalue weighted by molar-refractivity contribution is -0.119. The molecule has 1 atom stereocenters. The van der Waals surface area contributed by atoms with Gasteiger partial charge in [-0.1, -0.05) is 6.07 Å². The fourth-order valence-electron chi connectivity index (χ4n) is 1.61. The number of rotatable bonds is 3. The van der Waals surface area contributed by atoms with Gasteiger partial charge < -0.3 is 5.32 Å². The lowest BCUT2D eigenvalue weighted by Gasteiger charge is -2.11. The molecule has 92 valence electrons. The quantitative estimate of drug-likeness (QED) is 0.801. The van der Waals surface area contributed by atoms with Gasteiger partial charge in [-0.05, 0) is 18.2 Å². The summed E-state index contributed by atoms with van der Waals surface area (Å²) >= 11 is 0. The number of nitrogens with one attached hydrogen (secondary N) is 2. The minimum absolute atomic E-state index is 0.106. The molecule has 17 heavy (non-hydrogen) atoms. The molecule has 1 amide bonds. The second kappa shape index (κ2) is 4.42. The maximum Gasteiger partial charge on any atom is 0.240 e. The molecular weight excluding hydrogens is 247 g/mol. The highest BCUT2D eigenvalue weighted by atomic mass is 32.2. The van der Waals surface area contributed by atoms with Gasteiger partial charge in [-0.2, -0.15) is 0 Å². The van der Waals surface area contributed by atoms with Crippen LogP contribution in [0.5, 0.6) is 0 Å². The average Bonchev–Trinajstić information content (AvgIpc) is 2.63. The fraction of sp³-hybridized carbons (Fsp3) is 0.300. The normalized spacial score (nSPS) is 20.3. The van der Waals surface area contributed by atoms with E-state index >= 15 is 0 Å². The van der Waals surface area contributed by atoms with Crippen molar-refractivity contribution in [3.8, 4) is 0 Å². The van der Waals surface area contributed by atoms with Gasteiger partial charge in [0.2, 0.25) is 15.9 Å². The zero-order valence-corrected chi connectivity index (χ0v) is 9.63. The molecule has 1 aromatic rings. The Hall–Kier alpha value is -1.47. The van der Waals surface area contributed by atoms with Crippen molar-refractivity contribution in [1.82, 2.24) is 10.0 Å². The first-order valence-electron chi connectivity index (χ1n) is 5.02. The van der Waals surface area contributed by atoms with Crippen molar-refractivity contribution < 1.29 is 17.6 Å². The minimum atomic E-state index is -3.77. The maximum atomic E-state index is 12.9. The van der Waals surface area contributed by atoms with Gasteiger partial charge in [0.05, 0.1) is 4.90 Å². The summed E-state index contributed by atoms with van der Waals surface area (Å²) < 4.78 is 38.9. The molecule has 0 radical (unpaired) electrons. The van der Waals surface area contributed by atoms with Gasteiger partial charge in [0, 0.05) is 19.0 Å². The summed E-state index contributed by atoms with van der Waals surface area (Å²) in [4.78, 5) is 10.8. The second-order valence-electron chi connectivity index (χ2n) is 3.78. The standard InChI is InChI=1S/C10H11FN2O3S/c11-7-2-1-3-9(4-7)17(15,16)13-8-5-10(14)12-6-8/h1-4,8,13H,5-6H2,(H,12,14)/t8-/m1/s1. The third-order valence-corrected chi connectivity index (χ3v) is 3.92. The van der Waals surface area contributed by atoms with E-state index < -0.39 is 21.9 Å². The molecule has 0 bridgehead atoms. The molecule has 1 aromatic carbocycles. The Labute approximate surface area is 98.1 Å². The molecule has 1 aliphatic rings. The second-order valence-corrected chi connectivity index (χ2v) is 5.50. The van der Waals surface area contributed by atoms with Gasteiger partial charge in [-0.15, -0.1) is 0 Å². The fourth-order valence-corrected chi connectivity index (χ4v) is 2.88. The van der Waals surface area contributed by atoms with Crippen molar-refractivity contribution in [1.29, 1.82) is 0 Å². The molecule has 0 aromatic heterocycles.